The number of carboxylic acids is 1. The van der Waals surface area contributed by atoms with E-state index in [-0.39, 0.29) is 5.92 Å². The Morgan fingerprint density at radius 2 is 1.89 bits per heavy atom. The highest BCUT2D eigenvalue weighted by atomic mass is 16.5. The Morgan fingerprint density at radius 1 is 1.26 bits per heavy atom. The number of hydrogen-bond donors (Lipinski definition) is 2. The molecule has 0 fully saturated rings. The first-order chi connectivity index (χ1) is 8.99. The minimum absolute atomic E-state index is 0.0256. The first-order valence-electron chi connectivity index (χ1n) is 6.16. The van der Waals surface area contributed by atoms with Gasteiger partial charge in [-0.25, -0.2) is 0 Å². The SMILES string of the molecule is COc1ccc(CN[C@H](C(=O)O)C(C)C)cc1OC. The van der Waals surface area contributed by atoms with Crippen LogP contribution >= 0.6 is 0 Å². The zero-order valence-corrected chi connectivity index (χ0v) is 11.8. The molecule has 0 radical (unpaired) electrons. The molecule has 0 bridgehead atoms. The highest BCUT2D eigenvalue weighted by Crippen LogP contribution is 2.27. The van der Waals surface area contributed by atoms with E-state index in [4.69, 9.17) is 14.6 Å². The van der Waals surface area contributed by atoms with Crippen molar-refractivity contribution in [2.24, 2.45) is 5.92 Å². The van der Waals surface area contributed by atoms with Crippen LogP contribution in [0.1, 0.15) is 19.4 Å². The number of benzene rings is 1. The van der Waals surface area contributed by atoms with Crippen LogP contribution in [0.15, 0.2) is 18.2 Å². The number of aliphatic carboxylic acids is 1. The molecule has 1 aromatic rings. The maximum atomic E-state index is 11.1. The van der Waals surface area contributed by atoms with E-state index in [0.717, 1.165) is 5.56 Å². The van der Waals surface area contributed by atoms with E-state index in [1.165, 1.54) is 0 Å². The highest BCUT2D eigenvalue weighted by molar-refractivity contribution is 5.73. The lowest BCUT2D eigenvalue weighted by atomic mass is 10.0. The molecule has 0 spiro atoms. The predicted octanol–water partition coefficient (Wildman–Crippen LogP) is 1.90. The largest absolute Gasteiger partial charge is 0.493 e. The van der Waals surface area contributed by atoms with E-state index < -0.39 is 12.0 Å². The van der Waals surface area contributed by atoms with Gasteiger partial charge in [0, 0.05) is 6.54 Å². The van der Waals surface area contributed by atoms with Gasteiger partial charge in [-0.15, -0.1) is 0 Å². The summed E-state index contributed by atoms with van der Waals surface area (Å²) in [6, 6.07) is 4.97. The van der Waals surface area contributed by atoms with Gasteiger partial charge in [0.05, 0.1) is 14.2 Å². The van der Waals surface area contributed by atoms with Crippen molar-refractivity contribution in [1.29, 1.82) is 0 Å². The quantitative estimate of drug-likeness (QED) is 0.789. The molecule has 2 N–H and O–H groups in total. The number of ether oxygens (including phenoxy) is 2. The molecule has 0 saturated carbocycles. The first-order valence-corrected chi connectivity index (χ1v) is 6.16. The molecule has 0 aliphatic rings. The minimum atomic E-state index is -0.838. The molecule has 0 aromatic heterocycles. The number of methoxy groups -OCH3 is 2. The fourth-order valence-corrected chi connectivity index (χ4v) is 1.83. The monoisotopic (exact) mass is 267 g/mol. The predicted molar refractivity (Wildman–Crippen MR) is 72.6 cm³/mol. The summed E-state index contributed by atoms with van der Waals surface area (Å²) in [7, 11) is 3.15. The van der Waals surface area contributed by atoms with Gasteiger partial charge in [-0.1, -0.05) is 19.9 Å². The zero-order valence-electron chi connectivity index (χ0n) is 11.8. The molecule has 0 unspecified atom stereocenters. The minimum Gasteiger partial charge on any atom is -0.493 e. The fraction of sp³-hybridized carbons (Fsp3) is 0.500. The molecule has 1 rings (SSSR count). The van der Waals surface area contributed by atoms with Crippen molar-refractivity contribution in [2.45, 2.75) is 26.4 Å². The Hall–Kier alpha value is -1.75. The number of carbonyl (C=O) groups is 1. The van der Waals surface area contributed by atoms with Crippen molar-refractivity contribution >= 4 is 5.97 Å². The summed E-state index contributed by atoms with van der Waals surface area (Å²) in [5.74, 6) is 0.483. The van der Waals surface area contributed by atoms with Crippen molar-refractivity contribution in [3.8, 4) is 11.5 Å². The molecule has 1 aromatic carbocycles. The molecule has 5 nitrogen and oxygen atoms in total. The Bertz CT molecular complexity index is 431. The van der Waals surface area contributed by atoms with Crippen LogP contribution in [0.4, 0.5) is 0 Å². The number of nitrogens with one attached hydrogen (secondary N) is 1. The van der Waals surface area contributed by atoms with E-state index in [1.807, 2.05) is 26.0 Å². The second kappa shape index (κ2) is 6.99. The number of carboxylic acid groups (broad SMARTS) is 1. The third-order valence-electron chi connectivity index (χ3n) is 2.91. The van der Waals surface area contributed by atoms with E-state index >= 15 is 0 Å². The molecule has 1 atom stereocenters. The molecule has 0 amide bonds. The van der Waals surface area contributed by atoms with Crippen LogP contribution in [0, 0.1) is 5.92 Å². The molecule has 0 heterocycles. The summed E-state index contributed by atoms with van der Waals surface area (Å²) in [5.41, 5.74) is 0.949. The second-order valence-electron chi connectivity index (χ2n) is 4.63. The van der Waals surface area contributed by atoms with Gasteiger partial charge in [0.15, 0.2) is 11.5 Å². The first kappa shape index (κ1) is 15.3. The molecule has 0 aliphatic carbocycles. The van der Waals surface area contributed by atoms with Crippen molar-refractivity contribution < 1.29 is 19.4 Å². The van der Waals surface area contributed by atoms with E-state index in [9.17, 15) is 4.79 Å². The molecular formula is C14H21NO4. The lowest BCUT2D eigenvalue weighted by Crippen LogP contribution is -2.40. The maximum absolute atomic E-state index is 11.1. The Morgan fingerprint density at radius 3 is 2.37 bits per heavy atom. The standard InChI is InChI=1S/C14H21NO4/c1-9(2)13(14(16)17)15-8-10-5-6-11(18-3)12(7-10)19-4/h5-7,9,13,15H,8H2,1-4H3,(H,16,17)/t13-/m0/s1. The van der Waals surface area contributed by atoms with Crippen LogP contribution in [0.25, 0.3) is 0 Å². The van der Waals surface area contributed by atoms with E-state index in [1.54, 1.807) is 20.3 Å². The van der Waals surface area contributed by atoms with Crippen LogP contribution in [0.2, 0.25) is 0 Å². The zero-order chi connectivity index (χ0) is 14.4. The summed E-state index contributed by atoms with van der Waals surface area (Å²) >= 11 is 0. The van der Waals surface area contributed by atoms with Crippen LogP contribution in [0.3, 0.4) is 0 Å². The molecule has 5 heteroatoms. The topological polar surface area (TPSA) is 67.8 Å². The Kier molecular flexibility index (Phi) is 5.63. The molecule has 0 aliphatic heterocycles. The second-order valence-corrected chi connectivity index (χ2v) is 4.63. The van der Waals surface area contributed by atoms with Gasteiger partial charge in [0.1, 0.15) is 6.04 Å². The van der Waals surface area contributed by atoms with Gasteiger partial charge in [0.25, 0.3) is 0 Å². The Balaban J connectivity index is 2.74. The van der Waals surface area contributed by atoms with Crippen molar-refractivity contribution in [3.05, 3.63) is 23.8 Å². The van der Waals surface area contributed by atoms with Crippen LogP contribution in [-0.4, -0.2) is 31.3 Å². The molecule has 19 heavy (non-hydrogen) atoms. The third-order valence-corrected chi connectivity index (χ3v) is 2.91. The van der Waals surface area contributed by atoms with Gasteiger partial charge in [0.2, 0.25) is 0 Å². The summed E-state index contributed by atoms with van der Waals surface area (Å²) in [5, 5.41) is 12.1. The Labute approximate surface area is 113 Å². The average Bonchev–Trinajstić information content (AvgIpc) is 2.37. The summed E-state index contributed by atoms with van der Waals surface area (Å²) in [6.45, 7) is 4.22. The van der Waals surface area contributed by atoms with Gasteiger partial charge in [-0.2, -0.15) is 0 Å². The van der Waals surface area contributed by atoms with E-state index in [0.29, 0.717) is 18.0 Å². The molecule has 106 valence electrons. The van der Waals surface area contributed by atoms with Gasteiger partial charge in [-0.05, 0) is 23.6 Å². The van der Waals surface area contributed by atoms with Gasteiger partial charge < -0.3 is 19.9 Å². The highest BCUT2D eigenvalue weighted by Gasteiger charge is 2.20. The smallest absolute Gasteiger partial charge is 0.320 e. The molecule has 0 saturated heterocycles. The van der Waals surface area contributed by atoms with Crippen molar-refractivity contribution in [1.82, 2.24) is 5.32 Å². The van der Waals surface area contributed by atoms with Crippen LogP contribution < -0.4 is 14.8 Å². The number of hydrogen-bond acceptors (Lipinski definition) is 4. The third kappa shape index (κ3) is 4.13. The normalized spacial score (nSPS) is 12.3. The van der Waals surface area contributed by atoms with E-state index in [2.05, 4.69) is 5.32 Å². The van der Waals surface area contributed by atoms with Crippen LogP contribution in [0.5, 0.6) is 11.5 Å². The summed E-state index contributed by atoms with van der Waals surface area (Å²) in [4.78, 5) is 11.1. The summed E-state index contributed by atoms with van der Waals surface area (Å²) < 4.78 is 10.4. The fourth-order valence-electron chi connectivity index (χ4n) is 1.83. The summed E-state index contributed by atoms with van der Waals surface area (Å²) in [6.07, 6.45) is 0. The van der Waals surface area contributed by atoms with Crippen molar-refractivity contribution in [2.75, 3.05) is 14.2 Å². The lowest BCUT2D eigenvalue weighted by Gasteiger charge is -2.18. The number of rotatable bonds is 7. The average molecular weight is 267 g/mol. The maximum Gasteiger partial charge on any atom is 0.320 e. The van der Waals surface area contributed by atoms with Crippen molar-refractivity contribution in [3.63, 3.8) is 0 Å². The molecular weight excluding hydrogens is 246 g/mol. The van der Waals surface area contributed by atoms with Gasteiger partial charge in [-0.3, -0.25) is 4.79 Å². The van der Waals surface area contributed by atoms with Crippen LogP contribution in [-0.2, 0) is 11.3 Å². The lowest BCUT2D eigenvalue weighted by molar-refractivity contribution is -0.140. The van der Waals surface area contributed by atoms with Gasteiger partial charge >= 0.3 is 5.97 Å².